The number of carbonyl (C=O) groups is 5. The van der Waals surface area contributed by atoms with Crippen molar-refractivity contribution in [1.29, 1.82) is 0 Å². The fraction of sp³-hybridized carbons (Fsp3) is 0.918. The third-order valence-corrected chi connectivity index (χ3v) is 15.4. The van der Waals surface area contributed by atoms with E-state index in [0.29, 0.717) is 19.3 Å². The first-order valence-electron chi connectivity index (χ1n) is 32.4. The Labute approximate surface area is 496 Å². The van der Waals surface area contributed by atoms with Crippen LogP contribution in [0.5, 0.6) is 0 Å². The number of ether oxygens (including phenoxy) is 4. The molecule has 0 bridgehead atoms. The van der Waals surface area contributed by atoms with Crippen LogP contribution in [0.2, 0.25) is 0 Å². The van der Waals surface area contributed by atoms with Crippen molar-refractivity contribution >= 4 is 45.5 Å². The first-order valence-corrected chi connectivity index (χ1v) is 35.4. The van der Waals surface area contributed by atoms with Crippen molar-refractivity contribution in [2.75, 3.05) is 33.0 Å². The standard InChI is InChI=1S/C31H61O8P.C30H58NO10P/c1-3-5-7-9-11-13-15-17-19-21-23-25-30(32)37-27-29(28-38-40(34,35)36)39-31(33)26-24-22-20-18-16-14-12-10-8-6-4-2;1-3-5-7-9-11-13-15-17-19-21-28(32)38-23-26(24-39-42(36,37)40-25-27(31)30(34)35)41-29(33)22-20-18-16-14-12-10-8-6-4-2/h29H,3-28H2,1-2H3,(H2,34,35,36);26-27H,3-25,31H2,1-2H3,(H,34,35)(H,36,37)/t29-;26-,27+/m11/s1. The zero-order valence-corrected chi connectivity index (χ0v) is 53.6. The van der Waals surface area contributed by atoms with E-state index in [4.69, 9.17) is 44.1 Å². The van der Waals surface area contributed by atoms with Gasteiger partial charge in [0.1, 0.15) is 19.3 Å². The highest BCUT2D eigenvalue weighted by molar-refractivity contribution is 7.47. The molecule has 0 heterocycles. The van der Waals surface area contributed by atoms with Crippen LogP contribution in [0.15, 0.2) is 0 Å². The van der Waals surface area contributed by atoms with Gasteiger partial charge in [0.2, 0.25) is 0 Å². The number of phosphoric ester groups is 2. The Morgan fingerprint density at radius 2 is 0.573 bits per heavy atom. The van der Waals surface area contributed by atoms with Crippen LogP contribution in [-0.4, -0.2) is 101 Å². The van der Waals surface area contributed by atoms with E-state index in [9.17, 15) is 38.0 Å². The summed E-state index contributed by atoms with van der Waals surface area (Å²) < 4.78 is 58.4. The lowest BCUT2D eigenvalue weighted by Crippen LogP contribution is -2.34. The Balaban J connectivity index is 0. The Bertz CT molecular complexity index is 1620. The van der Waals surface area contributed by atoms with Crippen molar-refractivity contribution in [3.05, 3.63) is 0 Å². The number of hydrogen-bond donors (Lipinski definition) is 5. The van der Waals surface area contributed by atoms with Gasteiger partial charge in [-0.3, -0.25) is 37.5 Å². The fourth-order valence-electron chi connectivity index (χ4n) is 8.91. The summed E-state index contributed by atoms with van der Waals surface area (Å²) in [5.41, 5.74) is 5.28. The van der Waals surface area contributed by atoms with E-state index >= 15 is 0 Å². The molecule has 19 nitrogen and oxygen atoms in total. The molecule has 6 N–H and O–H groups in total. The van der Waals surface area contributed by atoms with Gasteiger partial charge in [0.25, 0.3) is 0 Å². The predicted octanol–water partition coefficient (Wildman–Crippen LogP) is 15.8. The van der Waals surface area contributed by atoms with Gasteiger partial charge in [0.05, 0.1) is 19.8 Å². The molecular formula is C61H119NO18P2. The second-order valence-electron chi connectivity index (χ2n) is 22.1. The summed E-state index contributed by atoms with van der Waals surface area (Å²) in [7, 11) is -9.42. The molecule has 486 valence electrons. The number of carboxylic acid groups (broad SMARTS) is 1. The van der Waals surface area contributed by atoms with Crippen LogP contribution in [0.1, 0.15) is 310 Å². The van der Waals surface area contributed by atoms with E-state index < -0.39 is 83.6 Å². The molecule has 0 aliphatic carbocycles. The third kappa shape index (κ3) is 62.1. The van der Waals surface area contributed by atoms with Crippen molar-refractivity contribution in [3.8, 4) is 0 Å². The minimum atomic E-state index is -4.73. The van der Waals surface area contributed by atoms with Gasteiger partial charge in [-0.2, -0.15) is 0 Å². The van der Waals surface area contributed by atoms with Gasteiger partial charge in [-0.1, -0.05) is 259 Å². The topological polar surface area (TPSA) is 291 Å². The molecule has 21 heteroatoms. The first-order chi connectivity index (χ1) is 39.4. The number of unbranched alkanes of at least 4 members (excludes halogenated alkanes) is 36. The number of phosphoric acid groups is 2. The normalized spacial score (nSPS) is 13.3. The van der Waals surface area contributed by atoms with Crippen LogP contribution in [0.3, 0.4) is 0 Å². The number of carboxylic acids is 1. The van der Waals surface area contributed by atoms with Gasteiger partial charge in [-0.05, 0) is 25.7 Å². The second kappa shape index (κ2) is 58.9. The summed E-state index contributed by atoms with van der Waals surface area (Å²) >= 11 is 0. The highest BCUT2D eigenvalue weighted by Crippen LogP contribution is 2.43. The number of hydrogen-bond acceptors (Lipinski definition) is 15. The molecule has 0 radical (unpaired) electrons. The maximum Gasteiger partial charge on any atom is 0.472 e. The molecule has 1 unspecified atom stereocenters. The molecule has 0 amide bonds. The molecule has 0 aromatic heterocycles. The third-order valence-electron chi connectivity index (χ3n) is 14.0. The molecule has 82 heavy (non-hydrogen) atoms. The van der Waals surface area contributed by atoms with Crippen LogP contribution in [0.25, 0.3) is 0 Å². The summed E-state index contributed by atoms with van der Waals surface area (Å²) in [6.45, 7) is 6.36. The van der Waals surface area contributed by atoms with E-state index in [1.165, 1.54) is 161 Å². The van der Waals surface area contributed by atoms with Crippen LogP contribution < -0.4 is 5.73 Å². The Morgan fingerprint density at radius 3 is 0.829 bits per heavy atom. The average molecular weight is 1220 g/mol. The molecule has 4 atom stereocenters. The molecule has 0 aliphatic heterocycles. The lowest BCUT2D eigenvalue weighted by Gasteiger charge is -2.20. The summed E-state index contributed by atoms with van der Waals surface area (Å²) in [6, 6.07) is -1.51. The van der Waals surface area contributed by atoms with E-state index in [1.54, 1.807) is 0 Å². The predicted molar refractivity (Wildman–Crippen MR) is 323 cm³/mol. The first kappa shape index (κ1) is 81.6. The monoisotopic (exact) mass is 1220 g/mol. The van der Waals surface area contributed by atoms with Gasteiger partial charge in [0.15, 0.2) is 12.2 Å². The lowest BCUT2D eigenvalue weighted by molar-refractivity contribution is -0.161. The van der Waals surface area contributed by atoms with Crippen molar-refractivity contribution in [1.82, 2.24) is 0 Å². The molecule has 0 aromatic rings. The molecular weight excluding hydrogens is 1100 g/mol. The Hall–Kier alpha value is -2.47. The zero-order valence-electron chi connectivity index (χ0n) is 51.9. The molecule has 0 rings (SSSR count). The van der Waals surface area contributed by atoms with Gasteiger partial charge >= 0.3 is 45.5 Å². The minimum absolute atomic E-state index is 0.166. The van der Waals surface area contributed by atoms with Gasteiger partial charge in [-0.25, -0.2) is 9.13 Å². The van der Waals surface area contributed by atoms with E-state index in [2.05, 4.69) is 36.7 Å². The highest BCUT2D eigenvalue weighted by Gasteiger charge is 2.28. The van der Waals surface area contributed by atoms with Crippen molar-refractivity contribution in [3.63, 3.8) is 0 Å². The molecule has 0 saturated heterocycles. The van der Waals surface area contributed by atoms with E-state index in [-0.39, 0.29) is 38.9 Å². The number of esters is 4. The number of rotatable bonds is 60. The largest absolute Gasteiger partial charge is 0.480 e. The summed E-state index contributed by atoms with van der Waals surface area (Å²) in [5, 5.41) is 8.80. The molecule has 0 spiro atoms. The van der Waals surface area contributed by atoms with Crippen molar-refractivity contribution < 1.29 is 85.4 Å². The van der Waals surface area contributed by atoms with Crippen molar-refractivity contribution in [2.45, 2.75) is 328 Å². The number of aliphatic carboxylic acids is 1. The summed E-state index contributed by atoms with van der Waals surface area (Å²) in [5.74, 6) is -3.26. The maximum atomic E-state index is 12.4. The Morgan fingerprint density at radius 1 is 0.341 bits per heavy atom. The highest BCUT2D eigenvalue weighted by atomic mass is 31.2. The zero-order chi connectivity index (χ0) is 61.2. The molecule has 0 saturated carbocycles. The molecule has 0 aliphatic rings. The summed E-state index contributed by atoms with van der Waals surface area (Å²) in [4.78, 5) is 87.7. The van der Waals surface area contributed by atoms with Crippen LogP contribution in [0.4, 0.5) is 0 Å². The van der Waals surface area contributed by atoms with E-state index in [1.807, 2.05) is 0 Å². The van der Waals surface area contributed by atoms with Gasteiger partial charge in [-0.15, -0.1) is 0 Å². The van der Waals surface area contributed by atoms with Gasteiger partial charge in [0, 0.05) is 25.7 Å². The lowest BCUT2D eigenvalue weighted by atomic mass is 10.1. The van der Waals surface area contributed by atoms with Crippen LogP contribution in [0, 0.1) is 0 Å². The van der Waals surface area contributed by atoms with Crippen LogP contribution >= 0.6 is 15.6 Å². The second-order valence-corrected chi connectivity index (χ2v) is 24.8. The number of nitrogens with two attached hydrogens (primary N) is 1. The van der Waals surface area contributed by atoms with Gasteiger partial charge < -0.3 is 44.5 Å². The Kier molecular flexibility index (Phi) is 58.6. The van der Waals surface area contributed by atoms with Crippen molar-refractivity contribution in [2.24, 2.45) is 5.73 Å². The quantitative estimate of drug-likeness (QED) is 0.0164. The maximum absolute atomic E-state index is 12.4. The smallest absolute Gasteiger partial charge is 0.472 e. The fourth-order valence-corrected chi connectivity index (χ4v) is 10.0. The van der Waals surface area contributed by atoms with E-state index in [0.717, 1.165) is 77.0 Å². The number of carbonyl (C=O) groups excluding carboxylic acids is 4. The van der Waals surface area contributed by atoms with Crippen LogP contribution in [-0.2, 0) is 65.6 Å². The SMILES string of the molecule is CCCCCCCCCCCC(=O)OC[C@H](COP(=O)(O)OC[C@H](N)C(=O)O)OC(=O)CCCCCCCCCCC.CCCCCCCCCCCCCC(=O)OC[C@H](COP(=O)(O)O)OC(=O)CCCCCCCCCCCCC. The molecule has 0 fully saturated rings. The summed E-state index contributed by atoms with van der Waals surface area (Å²) in [6.07, 6.45) is 44.6. The average Bonchev–Trinajstić information content (AvgIpc) is 3.45. The minimum Gasteiger partial charge on any atom is -0.480 e. The molecule has 0 aromatic carbocycles.